The van der Waals surface area contributed by atoms with E-state index in [9.17, 15) is 0 Å². The molecule has 0 spiro atoms. The number of nitrogens with two attached hydrogens (primary N) is 1. The molecule has 0 bridgehead atoms. The van der Waals surface area contributed by atoms with Gasteiger partial charge in [-0.25, -0.2) is 0 Å². The van der Waals surface area contributed by atoms with Crippen LogP contribution in [0.2, 0.25) is 0 Å². The highest BCUT2D eigenvalue weighted by Gasteiger charge is 2.06. The highest BCUT2D eigenvalue weighted by Crippen LogP contribution is 2.33. The van der Waals surface area contributed by atoms with Crippen LogP contribution in [0, 0.1) is 0 Å². The number of benzene rings is 7. The van der Waals surface area contributed by atoms with Gasteiger partial charge in [-0.3, -0.25) is 0 Å². The van der Waals surface area contributed by atoms with Gasteiger partial charge < -0.3 is 5.73 Å². The molecule has 0 saturated carbocycles. The van der Waals surface area contributed by atoms with Gasteiger partial charge in [0.1, 0.15) is 0 Å². The maximum absolute atomic E-state index is 6.00. The summed E-state index contributed by atoms with van der Waals surface area (Å²) in [6.07, 6.45) is 0. The number of hydrogen-bond donors (Lipinski definition) is 1. The van der Waals surface area contributed by atoms with Crippen molar-refractivity contribution in [2.45, 2.75) is 0 Å². The number of nitrogen functional groups attached to an aromatic ring is 1. The van der Waals surface area contributed by atoms with Crippen LogP contribution in [-0.4, -0.2) is 0 Å². The van der Waals surface area contributed by atoms with Gasteiger partial charge in [0.15, 0.2) is 0 Å². The molecule has 0 aromatic heterocycles. The lowest BCUT2D eigenvalue weighted by Gasteiger charge is -2.09. The van der Waals surface area contributed by atoms with Crippen molar-refractivity contribution in [3.63, 3.8) is 0 Å². The molecular formula is C30H19N. The first kappa shape index (κ1) is 16.7. The van der Waals surface area contributed by atoms with Gasteiger partial charge in [0.05, 0.1) is 0 Å². The molecule has 0 saturated heterocycles. The quantitative estimate of drug-likeness (QED) is 0.204. The predicted octanol–water partition coefficient (Wildman–Crippen LogP) is 8.19. The fourth-order valence-corrected chi connectivity index (χ4v) is 4.97. The summed E-state index contributed by atoms with van der Waals surface area (Å²) < 4.78 is 0. The summed E-state index contributed by atoms with van der Waals surface area (Å²) in [5.41, 5.74) is 6.80. The van der Waals surface area contributed by atoms with E-state index in [1.807, 2.05) is 6.07 Å². The fourth-order valence-electron chi connectivity index (χ4n) is 4.97. The van der Waals surface area contributed by atoms with Crippen molar-refractivity contribution < 1.29 is 0 Å². The summed E-state index contributed by atoms with van der Waals surface area (Å²) in [7, 11) is 0. The Morgan fingerprint density at radius 1 is 0.290 bits per heavy atom. The summed E-state index contributed by atoms with van der Waals surface area (Å²) in [6.45, 7) is 0. The third-order valence-corrected chi connectivity index (χ3v) is 6.55. The molecule has 0 fully saturated rings. The third-order valence-electron chi connectivity index (χ3n) is 6.55. The lowest BCUT2D eigenvalue weighted by molar-refractivity contribution is 1.75. The minimum absolute atomic E-state index is 0.804. The van der Waals surface area contributed by atoms with Crippen molar-refractivity contribution >= 4 is 70.3 Å². The highest BCUT2D eigenvalue weighted by molar-refractivity contribution is 6.11. The Hall–Kier alpha value is -4.10. The van der Waals surface area contributed by atoms with Crippen molar-refractivity contribution in [3.05, 3.63) is 103 Å². The Labute approximate surface area is 179 Å². The first-order valence-corrected chi connectivity index (χ1v) is 10.6. The molecular weight excluding hydrogens is 374 g/mol. The second kappa shape index (κ2) is 5.96. The first-order chi connectivity index (χ1) is 15.2. The SMILES string of the molecule is Nc1ccc2cc3cc4cc5cc6cc7ccccc7cc6cc5cc4cc3cc2c1. The molecule has 7 aromatic rings. The van der Waals surface area contributed by atoms with E-state index in [-0.39, 0.29) is 0 Å². The molecule has 1 heteroatoms. The van der Waals surface area contributed by atoms with Gasteiger partial charge in [0, 0.05) is 5.69 Å². The average Bonchev–Trinajstić information content (AvgIpc) is 2.77. The monoisotopic (exact) mass is 393 g/mol. The molecule has 0 unspecified atom stereocenters. The Bertz CT molecular complexity index is 1840. The van der Waals surface area contributed by atoms with E-state index in [0.717, 1.165) is 5.69 Å². The third kappa shape index (κ3) is 2.57. The van der Waals surface area contributed by atoms with Crippen molar-refractivity contribution in [1.82, 2.24) is 0 Å². The molecule has 0 aliphatic carbocycles. The summed E-state index contributed by atoms with van der Waals surface area (Å²) in [5, 5.41) is 15.2. The van der Waals surface area contributed by atoms with Gasteiger partial charge >= 0.3 is 0 Å². The molecule has 0 aliphatic rings. The maximum atomic E-state index is 6.00. The van der Waals surface area contributed by atoms with Crippen LogP contribution in [0.5, 0.6) is 0 Å². The minimum atomic E-state index is 0.804. The van der Waals surface area contributed by atoms with E-state index in [2.05, 4.69) is 97.1 Å². The van der Waals surface area contributed by atoms with Gasteiger partial charge in [-0.05, 0) is 137 Å². The summed E-state index contributed by atoms with van der Waals surface area (Å²) in [6, 6.07) is 37.7. The summed E-state index contributed by atoms with van der Waals surface area (Å²) in [5.74, 6) is 0. The normalized spacial score (nSPS) is 12.0. The zero-order chi connectivity index (χ0) is 20.5. The van der Waals surface area contributed by atoms with Gasteiger partial charge in [0.25, 0.3) is 0 Å². The molecule has 2 N–H and O–H groups in total. The topological polar surface area (TPSA) is 26.0 Å². The molecule has 0 aliphatic heterocycles. The van der Waals surface area contributed by atoms with Crippen molar-refractivity contribution in [2.75, 3.05) is 5.73 Å². The van der Waals surface area contributed by atoms with Crippen LogP contribution in [0.1, 0.15) is 0 Å². The number of rotatable bonds is 0. The number of anilines is 1. The number of fused-ring (bicyclic) bond motifs is 6. The average molecular weight is 393 g/mol. The zero-order valence-corrected chi connectivity index (χ0v) is 16.9. The first-order valence-electron chi connectivity index (χ1n) is 10.6. The van der Waals surface area contributed by atoms with Crippen LogP contribution in [0.15, 0.2) is 103 Å². The molecule has 0 radical (unpaired) electrons. The smallest absolute Gasteiger partial charge is 0.0320 e. The van der Waals surface area contributed by atoms with E-state index < -0.39 is 0 Å². The van der Waals surface area contributed by atoms with Gasteiger partial charge in [0.2, 0.25) is 0 Å². The largest absolute Gasteiger partial charge is 0.399 e. The van der Waals surface area contributed by atoms with Crippen LogP contribution in [0.3, 0.4) is 0 Å². The Morgan fingerprint density at radius 3 is 0.968 bits per heavy atom. The van der Waals surface area contributed by atoms with E-state index in [4.69, 9.17) is 5.73 Å². The zero-order valence-electron chi connectivity index (χ0n) is 16.9. The number of hydrogen-bond acceptors (Lipinski definition) is 1. The summed E-state index contributed by atoms with van der Waals surface area (Å²) >= 11 is 0. The maximum Gasteiger partial charge on any atom is 0.0320 e. The standard InChI is InChI=1S/C30H19N/c31-30-6-5-20-9-23-12-26-13-24-10-21-7-18-3-1-2-4-19(18)8-22(21)11-25(24)14-27(26)15-28(23)16-29(20)17-30/h1-17H,31H2. The van der Waals surface area contributed by atoms with Gasteiger partial charge in [-0.2, -0.15) is 0 Å². The predicted molar refractivity (Wildman–Crippen MR) is 136 cm³/mol. The van der Waals surface area contributed by atoms with E-state index >= 15 is 0 Å². The molecule has 7 aromatic carbocycles. The van der Waals surface area contributed by atoms with Crippen molar-refractivity contribution in [2.24, 2.45) is 0 Å². The molecule has 31 heavy (non-hydrogen) atoms. The fraction of sp³-hybridized carbons (Fsp3) is 0. The highest BCUT2D eigenvalue weighted by atomic mass is 14.5. The molecule has 7 rings (SSSR count). The molecule has 1 nitrogen and oxygen atoms in total. The van der Waals surface area contributed by atoms with Crippen LogP contribution < -0.4 is 5.73 Å². The lowest BCUT2D eigenvalue weighted by Crippen LogP contribution is -1.85. The Balaban J connectivity index is 1.53. The van der Waals surface area contributed by atoms with Gasteiger partial charge in [-0.1, -0.05) is 30.3 Å². The molecule has 144 valence electrons. The van der Waals surface area contributed by atoms with Gasteiger partial charge in [-0.15, -0.1) is 0 Å². The van der Waals surface area contributed by atoms with E-state index in [1.54, 1.807) is 0 Å². The minimum Gasteiger partial charge on any atom is -0.399 e. The van der Waals surface area contributed by atoms with Crippen molar-refractivity contribution in [3.8, 4) is 0 Å². The molecule has 0 atom stereocenters. The molecule has 0 amide bonds. The van der Waals surface area contributed by atoms with Crippen molar-refractivity contribution in [1.29, 1.82) is 0 Å². The summed E-state index contributed by atoms with van der Waals surface area (Å²) in [4.78, 5) is 0. The Morgan fingerprint density at radius 2 is 0.581 bits per heavy atom. The molecule has 0 heterocycles. The lowest BCUT2D eigenvalue weighted by atomic mass is 9.95. The van der Waals surface area contributed by atoms with Crippen LogP contribution in [0.4, 0.5) is 5.69 Å². The van der Waals surface area contributed by atoms with Crippen LogP contribution in [0.25, 0.3) is 64.6 Å². The van der Waals surface area contributed by atoms with Crippen LogP contribution in [-0.2, 0) is 0 Å². The van der Waals surface area contributed by atoms with E-state index in [0.29, 0.717) is 0 Å². The Kier molecular flexibility index (Phi) is 3.21. The van der Waals surface area contributed by atoms with Crippen LogP contribution >= 0.6 is 0 Å². The second-order valence-electron chi connectivity index (χ2n) is 8.60. The second-order valence-corrected chi connectivity index (χ2v) is 8.60. The van der Waals surface area contributed by atoms with E-state index in [1.165, 1.54) is 64.6 Å².